The number of nitrogens with two attached hydrogens (primary N) is 1. The summed E-state index contributed by atoms with van der Waals surface area (Å²) >= 11 is 3.55. The zero-order valence-electron chi connectivity index (χ0n) is 11.7. The van der Waals surface area contributed by atoms with Gasteiger partial charge in [-0.15, -0.1) is 0 Å². The second-order valence-electron chi connectivity index (χ2n) is 5.46. The van der Waals surface area contributed by atoms with E-state index in [0.717, 1.165) is 24.2 Å². The number of ether oxygens (including phenoxy) is 1. The monoisotopic (exact) mass is 326 g/mol. The minimum Gasteiger partial charge on any atom is -0.381 e. The number of halogens is 1. The summed E-state index contributed by atoms with van der Waals surface area (Å²) in [5.41, 5.74) is 8.48. The maximum absolute atomic E-state index is 6.07. The van der Waals surface area contributed by atoms with E-state index in [1.54, 1.807) is 0 Å². The molecule has 1 heterocycles. The average Bonchev–Trinajstić information content (AvgIpc) is 2.39. The number of nitrogens with zero attached hydrogens (tertiary/aromatic N) is 1. The number of rotatable bonds is 4. The molecule has 3 nitrogen and oxygen atoms in total. The predicted octanol–water partition coefficient (Wildman–Crippen LogP) is 3.33. The number of benzene rings is 1. The Morgan fingerprint density at radius 1 is 1.53 bits per heavy atom. The van der Waals surface area contributed by atoms with Crippen molar-refractivity contribution in [3.8, 4) is 0 Å². The summed E-state index contributed by atoms with van der Waals surface area (Å²) in [4.78, 5) is 2.31. The summed E-state index contributed by atoms with van der Waals surface area (Å²) in [6.45, 7) is 4.86. The predicted molar refractivity (Wildman–Crippen MR) is 83.6 cm³/mol. The van der Waals surface area contributed by atoms with E-state index < -0.39 is 0 Å². The molecular weight excluding hydrogens is 304 g/mol. The lowest BCUT2D eigenvalue weighted by atomic mass is 10.0. The van der Waals surface area contributed by atoms with E-state index in [4.69, 9.17) is 10.5 Å². The molecule has 0 aromatic heterocycles. The Hall–Kier alpha value is -0.580. The van der Waals surface area contributed by atoms with Crippen molar-refractivity contribution in [2.45, 2.75) is 25.8 Å². The molecule has 0 bridgehead atoms. The zero-order valence-corrected chi connectivity index (χ0v) is 13.3. The van der Waals surface area contributed by atoms with E-state index in [2.05, 4.69) is 46.1 Å². The van der Waals surface area contributed by atoms with Crippen LogP contribution in [-0.4, -0.2) is 26.8 Å². The van der Waals surface area contributed by atoms with Crippen LogP contribution in [0.15, 0.2) is 22.7 Å². The van der Waals surface area contributed by atoms with Crippen LogP contribution in [0.25, 0.3) is 0 Å². The summed E-state index contributed by atoms with van der Waals surface area (Å²) in [5.74, 6) is 0.624. The van der Waals surface area contributed by atoms with Gasteiger partial charge in [0.25, 0.3) is 0 Å². The molecule has 1 aliphatic rings. The molecule has 2 N–H and O–H groups in total. The lowest BCUT2D eigenvalue weighted by Gasteiger charge is -2.30. The van der Waals surface area contributed by atoms with Gasteiger partial charge in [-0.05, 0) is 43.4 Å². The minimum atomic E-state index is 0.0492. The summed E-state index contributed by atoms with van der Waals surface area (Å²) < 4.78 is 6.66. The van der Waals surface area contributed by atoms with Crippen molar-refractivity contribution in [1.82, 2.24) is 0 Å². The molecule has 2 atom stereocenters. The first kappa shape index (κ1) is 14.8. The van der Waals surface area contributed by atoms with Crippen LogP contribution in [0.2, 0.25) is 0 Å². The lowest BCUT2D eigenvalue weighted by molar-refractivity contribution is 0.0576. The van der Waals surface area contributed by atoms with Gasteiger partial charge in [0, 0.05) is 36.4 Å². The smallest absolute Gasteiger partial charge is 0.0511 e. The molecule has 1 fully saturated rings. The average molecular weight is 327 g/mol. The SMILES string of the molecule is CC(N)c1ccc(Br)cc1N(C)CC1CCCOC1. The van der Waals surface area contributed by atoms with Crippen molar-refractivity contribution >= 4 is 21.6 Å². The Bertz CT molecular complexity index is 417. The molecule has 0 amide bonds. The quantitative estimate of drug-likeness (QED) is 0.922. The highest BCUT2D eigenvalue weighted by molar-refractivity contribution is 9.10. The third-order valence-electron chi connectivity index (χ3n) is 3.68. The largest absolute Gasteiger partial charge is 0.381 e. The van der Waals surface area contributed by atoms with Crippen LogP contribution in [0.3, 0.4) is 0 Å². The van der Waals surface area contributed by atoms with Gasteiger partial charge in [0.1, 0.15) is 0 Å². The molecule has 19 heavy (non-hydrogen) atoms. The van der Waals surface area contributed by atoms with Gasteiger partial charge >= 0.3 is 0 Å². The second kappa shape index (κ2) is 6.73. The van der Waals surface area contributed by atoms with Crippen molar-refractivity contribution in [2.24, 2.45) is 11.7 Å². The first-order valence-electron chi connectivity index (χ1n) is 6.92. The second-order valence-corrected chi connectivity index (χ2v) is 6.37. The molecule has 1 aliphatic heterocycles. The molecule has 0 saturated carbocycles. The van der Waals surface area contributed by atoms with Gasteiger partial charge in [-0.2, -0.15) is 0 Å². The number of anilines is 1. The highest BCUT2D eigenvalue weighted by Gasteiger charge is 2.18. The van der Waals surface area contributed by atoms with Gasteiger partial charge in [-0.1, -0.05) is 22.0 Å². The third-order valence-corrected chi connectivity index (χ3v) is 4.17. The fourth-order valence-electron chi connectivity index (χ4n) is 2.67. The van der Waals surface area contributed by atoms with E-state index in [0.29, 0.717) is 5.92 Å². The third kappa shape index (κ3) is 3.94. The number of hydrogen-bond acceptors (Lipinski definition) is 3. The molecule has 1 saturated heterocycles. The molecular formula is C15H23BrN2O. The van der Waals surface area contributed by atoms with Crippen LogP contribution in [0.1, 0.15) is 31.4 Å². The summed E-state index contributed by atoms with van der Waals surface area (Å²) in [6.07, 6.45) is 2.43. The highest BCUT2D eigenvalue weighted by Crippen LogP contribution is 2.29. The van der Waals surface area contributed by atoms with Crippen LogP contribution in [0, 0.1) is 5.92 Å². The van der Waals surface area contributed by atoms with Crippen LogP contribution in [-0.2, 0) is 4.74 Å². The highest BCUT2D eigenvalue weighted by atomic mass is 79.9. The van der Waals surface area contributed by atoms with Gasteiger partial charge in [0.05, 0.1) is 6.61 Å². The van der Waals surface area contributed by atoms with Crippen molar-refractivity contribution in [2.75, 3.05) is 31.7 Å². The van der Waals surface area contributed by atoms with Crippen LogP contribution in [0.4, 0.5) is 5.69 Å². The van der Waals surface area contributed by atoms with E-state index in [1.165, 1.54) is 24.1 Å². The fourth-order valence-corrected chi connectivity index (χ4v) is 3.02. The standard InChI is InChI=1S/C15H23BrN2O/c1-11(17)14-6-5-13(16)8-15(14)18(2)9-12-4-3-7-19-10-12/h5-6,8,11-12H,3-4,7,9-10,17H2,1-2H3. The van der Waals surface area contributed by atoms with Gasteiger partial charge in [0.15, 0.2) is 0 Å². The van der Waals surface area contributed by atoms with Crippen molar-refractivity contribution < 1.29 is 4.74 Å². The minimum absolute atomic E-state index is 0.0492. The molecule has 0 radical (unpaired) electrons. The molecule has 1 aromatic rings. The van der Waals surface area contributed by atoms with Gasteiger partial charge < -0.3 is 15.4 Å². The molecule has 2 rings (SSSR count). The molecule has 0 spiro atoms. The molecule has 4 heteroatoms. The summed E-state index contributed by atoms with van der Waals surface area (Å²) in [7, 11) is 2.14. The molecule has 1 aromatic carbocycles. The lowest BCUT2D eigenvalue weighted by Crippen LogP contribution is -2.31. The normalized spacial score (nSPS) is 21.2. The first-order valence-corrected chi connectivity index (χ1v) is 7.71. The van der Waals surface area contributed by atoms with E-state index in [-0.39, 0.29) is 6.04 Å². The Labute approximate surface area is 124 Å². The zero-order chi connectivity index (χ0) is 13.8. The Morgan fingerprint density at radius 2 is 2.32 bits per heavy atom. The van der Waals surface area contributed by atoms with E-state index in [9.17, 15) is 0 Å². The van der Waals surface area contributed by atoms with Gasteiger partial charge in [-0.3, -0.25) is 0 Å². The van der Waals surface area contributed by atoms with Crippen molar-refractivity contribution in [3.05, 3.63) is 28.2 Å². The van der Waals surface area contributed by atoms with E-state index >= 15 is 0 Å². The van der Waals surface area contributed by atoms with Crippen LogP contribution in [0.5, 0.6) is 0 Å². The maximum atomic E-state index is 6.07. The van der Waals surface area contributed by atoms with Gasteiger partial charge in [-0.25, -0.2) is 0 Å². The van der Waals surface area contributed by atoms with E-state index in [1.807, 2.05) is 6.92 Å². The molecule has 106 valence electrons. The number of hydrogen-bond donors (Lipinski definition) is 1. The fraction of sp³-hybridized carbons (Fsp3) is 0.600. The molecule has 2 unspecified atom stereocenters. The van der Waals surface area contributed by atoms with Crippen LogP contribution >= 0.6 is 15.9 Å². The Morgan fingerprint density at radius 3 is 2.95 bits per heavy atom. The first-order chi connectivity index (χ1) is 9.08. The van der Waals surface area contributed by atoms with Crippen molar-refractivity contribution in [3.63, 3.8) is 0 Å². The van der Waals surface area contributed by atoms with Gasteiger partial charge in [0.2, 0.25) is 0 Å². The summed E-state index contributed by atoms with van der Waals surface area (Å²) in [5, 5.41) is 0. The van der Waals surface area contributed by atoms with Crippen molar-refractivity contribution in [1.29, 1.82) is 0 Å². The molecule has 0 aliphatic carbocycles. The Kier molecular flexibility index (Phi) is 5.25. The summed E-state index contributed by atoms with van der Waals surface area (Å²) in [6, 6.07) is 6.37. The maximum Gasteiger partial charge on any atom is 0.0511 e. The topological polar surface area (TPSA) is 38.5 Å². The Balaban J connectivity index is 2.12. The van der Waals surface area contributed by atoms with Crippen LogP contribution < -0.4 is 10.6 Å².